The van der Waals surface area contributed by atoms with Crippen molar-refractivity contribution in [2.24, 2.45) is 0 Å². The number of hydrogen-bond donors (Lipinski definition) is 0. The standard InChI is InChI=1S/C24H18ClF3N2O2/c1-15-22(31)29(14-16-6-4-9-19(25)12-16)20-10-2-3-11-21(20)30(15)23(32)17-7-5-8-18(13-17)24(26,27)28/h2-13,15H,14H2,1H3. The number of benzene rings is 3. The highest BCUT2D eigenvalue weighted by molar-refractivity contribution is 6.30. The lowest BCUT2D eigenvalue weighted by molar-refractivity contribution is -0.137. The molecule has 1 atom stereocenters. The van der Waals surface area contributed by atoms with Gasteiger partial charge in [0, 0.05) is 10.6 Å². The summed E-state index contributed by atoms with van der Waals surface area (Å²) < 4.78 is 39.4. The molecule has 0 bridgehead atoms. The molecule has 0 radical (unpaired) electrons. The Morgan fingerprint density at radius 1 is 0.969 bits per heavy atom. The van der Waals surface area contributed by atoms with Gasteiger partial charge in [0.1, 0.15) is 6.04 Å². The highest BCUT2D eigenvalue weighted by Crippen LogP contribution is 2.38. The van der Waals surface area contributed by atoms with Gasteiger partial charge in [-0.2, -0.15) is 13.2 Å². The van der Waals surface area contributed by atoms with Crippen LogP contribution < -0.4 is 9.80 Å². The van der Waals surface area contributed by atoms with Crippen LogP contribution in [0.15, 0.2) is 72.8 Å². The monoisotopic (exact) mass is 458 g/mol. The second-order valence-corrected chi connectivity index (χ2v) is 7.91. The SMILES string of the molecule is CC1C(=O)N(Cc2cccc(Cl)c2)c2ccccc2N1C(=O)c1cccc(C(F)(F)F)c1. The summed E-state index contributed by atoms with van der Waals surface area (Å²) in [6.45, 7) is 1.81. The minimum atomic E-state index is -4.58. The number of anilines is 2. The molecule has 0 spiro atoms. The second-order valence-electron chi connectivity index (χ2n) is 7.47. The van der Waals surface area contributed by atoms with Crippen molar-refractivity contribution in [2.75, 3.05) is 9.80 Å². The third kappa shape index (κ3) is 4.08. The molecule has 0 saturated heterocycles. The Hall–Kier alpha value is -3.32. The van der Waals surface area contributed by atoms with Crippen molar-refractivity contribution >= 4 is 34.8 Å². The van der Waals surface area contributed by atoms with Crippen molar-refractivity contribution in [1.82, 2.24) is 0 Å². The molecule has 3 aromatic rings. The van der Waals surface area contributed by atoms with Crippen molar-refractivity contribution in [1.29, 1.82) is 0 Å². The number of para-hydroxylation sites is 2. The van der Waals surface area contributed by atoms with Gasteiger partial charge in [-0.1, -0.05) is 41.9 Å². The quantitative estimate of drug-likeness (QED) is 0.487. The molecule has 0 aliphatic carbocycles. The molecule has 1 aliphatic rings. The first-order chi connectivity index (χ1) is 15.2. The fourth-order valence-electron chi connectivity index (χ4n) is 3.79. The number of amides is 2. The summed E-state index contributed by atoms with van der Waals surface area (Å²) in [4.78, 5) is 29.4. The lowest BCUT2D eigenvalue weighted by Gasteiger charge is -2.40. The zero-order valence-corrected chi connectivity index (χ0v) is 17.7. The average molecular weight is 459 g/mol. The number of fused-ring (bicyclic) bond motifs is 1. The topological polar surface area (TPSA) is 40.6 Å². The van der Waals surface area contributed by atoms with Crippen LogP contribution in [0, 0.1) is 0 Å². The third-order valence-electron chi connectivity index (χ3n) is 5.33. The summed E-state index contributed by atoms with van der Waals surface area (Å²) in [5, 5.41) is 0.537. The summed E-state index contributed by atoms with van der Waals surface area (Å²) in [6.07, 6.45) is -4.58. The molecule has 8 heteroatoms. The molecule has 1 heterocycles. The predicted octanol–water partition coefficient (Wildman–Crippen LogP) is 5.94. The zero-order chi connectivity index (χ0) is 23.0. The van der Waals surface area contributed by atoms with E-state index in [-0.39, 0.29) is 18.0 Å². The van der Waals surface area contributed by atoms with Crippen LogP contribution in [0.3, 0.4) is 0 Å². The highest BCUT2D eigenvalue weighted by atomic mass is 35.5. The molecule has 0 aromatic heterocycles. The molecule has 4 rings (SSSR count). The van der Waals surface area contributed by atoms with E-state index in [1.54, 1.807) is 54.3 Å². The van der Waals surface area contributed by atoms with E-state index in [1.165, 1.54) is 17.0 Å². The van der Waals surface area contributed by atoms with Crippen LogP contribution in [0.2, 0.25) is 5.02 Å². The fourth-order valence-corrected chi connectivity index (χ4v) is 4.01. The minimum Gasteiger partial charge on any atom is -0.304 e. The number of rotatable bonds is 3. The first-order valence-corrected chi connectivity index (χ1v) is 10.2. The number of carbonyl (C=O) groups excluding carboxylic acids is 2. The number of hydrogen-bond acceptors (Lipinski definition) is 2. The van der Waals surface area contributed by atoms with Gasteiger partial charge in [0.25, 0.3) is 5.91 Å². The Morgan fingerprint density at radius 2 is 1.66 bits per heavy atom. The van der Waals surface area contributed by atoms with Gasteiger partial charge in [-0.05, 0) is 55.0 Å². The molecule has 164 valence electrons. The van der Waals surface area contributed by atoms with E-state index in [0.29, 0.717) is 16.4 Å². The maximum atomic E-state index is 13.3. The summed E-state index contributed by atoms with van der Waals surface area (Å²) >= 11 is 6.07. The van der Waals surface area contributed by atoms with Gasteiger partial charge in [0.05, 0.1) is 23.5 Å². The van der Waals surface area contributed by atoms with Crippen molar-refractivity contribution in [3.63, 3.8) is 0 Å². The largest absolute Gasteiger partial charge is 0.416 e. The fraction of sp³-hybridized carbons (Fsp3) is 0.167. The third-order valence-corrected chi connectivity index (χ3v) is 5.56. The Balaban J connectivity index is 1.74. The lowest BCUT2D eigenvalue weighted by atomic mass is 10.0. The predicted molar refractivity (Wildman–Crippen MR) is 117 cm³/mol. The van der Waals surface area contributed by atoms with Crippen molar-refractivity contribution < 1.29 is 22.8 Å². The Kier molecular flexibility index (Phi) is 5.69. The molecule has 0 N–H and O–H groups in total. The van der Waals surface area contributed by atoms with Gasteiger partial charge in [-0.3, -0.25) is 14.5 Å². The van der Waals surface area contributed by atoms with Gasteiger partial charge in [0.15, 0.2) is 0 Å². The van der Waals surface area contributed by atoms with Crippen molar-refractivity contribution in [3.8, 4) is 0 Å². The maximum absolute atomic E-state index is 13.3. The van der Waals surface area contributed by atoms with E-state index in [0.717, 1.165) is 17.7 Å². The van der Waals surface area contributed by atoms with Crippen LogP contribution in [-0.2, 0) is 17.5 Å². The highest BCUT2D eigenvalue weighted by Gasteiger charge is 2.39. The summed E-state index contributed by atoms with van der Waals surface area (Å²) in [6, 6.07) is 17.2. The Labute approximate surface area is 187 Å². The number of carbonyl (C=O) groups is 2. The normalized spacial score (nSPS) is 16.2. The molecule has 1 aliphatic heterocycles. The first kappa shape index (κ1) is 21.9. The molecule has 0 saturated carbocycles. The van der Waals surface area contributed by atoms with E-state index in [1.807, 2.05) is 6.07 Å². The smallest absolute Gasteiger partial charge is 0.304 e. The summed E-state index contributed by atoms with van der Waals surface area (Å²) in [5.41, 5.74) is 0.693. The molecular formula is C24H18ClF3N2O2. The summed E-state index contributed by atoms with van der Waals surface area (Å²) in [5.74, 6) is -1.02. The Morgan fingerprint density at radius 3 is 2.34 bits per heavy atom. The Bertz CT molecular complexity index is 1200. The second kappa shape index (κ2) is 8.31. The molecule has 4 nitrogen and oxygen atoms in total. The molecule has 1 unspecified atom stereocenters. The maximum Gasteiger partial charge on any atom is 0.416 e. The minimum absolute atomic E-state index is 0.141. The summed E-state index contributed by atoms with van der Waals surface area (Å²) in [7, 11) is 0. The average Bonchev–Trinajstić information content (AvgIpc) is 2.76. The van der Waals surface area contributed by atoms with Crippen molar-refractivity contribution in [3.05, 3.63) is 94.5 Å². The molecule has 32 heavy (non-hydrogen) atoms. The zero-order valence-electron chi connectivity index (χ0n) is 16.9. The van der Waals surface area contributed by atoms with E-state index < -0.39 is 23.7 Å². The van der Waals surface area contributed by atoms with Gasteiger partial charge in [-0.15, -0.1) is 0 Å². The van der Waals surface area contributed by atoms with Crippen LogP contribution in [0.4, 0.5) is 24.5 Å². The van der Waals surface area contributed by atoms with Crippen LogP contribution in [0.25, 0.3) is 0 Å². The van der Waals surface area contributed by atoms with E-state index in [2.05, 4.69) is 0 Å². The van der Waals surface area contributed by atoms with E-state index in [4.69, 9.17) is 11.6 Å². The molecule has 2 amide bonds. The van der Waals surface area contributed by atoms with Crippen molar-refractivity contribution in [2.45, 2.75) is 25.7 Å². The number of halogens is 4. The van der Waals surface area contributed by atoms with E-state index >= 15 is 0 Å². The van der Waals surface area contributed by atoms with Gasteiger partial charge >= 0.3 is 6.18 Å². The lowest BCUT2D eigenvalue weighted by Crippen LogP contribution is -2.54. The van der Waals surface area contributed by atoms with Gasteiger partial charge in [0.2, 0.25) is 5.91 Å². The molecular weight excluding hydrogens is 441 g/mol. The van der Waals surface area contributed by atoms with Crippen LogP contribution in [0.1, 0.15) is 28.4 Å². The molecule has 0 fully saturated rings. The first-order valence-electron chi connectivity index (χ1n) is 9.82. The number of nitrogens with zero attached hydrogens (tertiary/aromatic N) is 2. The molecule has 3 aromatic carbocycles. The van der Waals surface area contributed by atoms with Crippen LogP contribution >= 0.6 is 11.6 Å². The van der Waals surface area contributed by atoms with Crippen LogP contribution in [-0.4, -0.2) is 17.9 Å². The number of alkyl halides is 3. The van der Waals surface area contributed by atoms with Gasteiger partial charge < -0.3 is 4.90 Å². The van der Waals surface area contributed by atoms with E-state index in [9.17, 15) is 22.8 Å². The van der Waals surface area contributed by atoms with Crippen LogP contribution in [0.5, 0.6) is 0 Å². The van der Waals surface area contributed by atoms with Gasteiger partial charge in [-0.25, -0.2) is 0 Å².